The van der Waals surface area contributed by atoms with E-state index in [-0.39, 0.29) is 29.8 Å². The molecule has 8 heteroatoms. The van der Waals surface area contributed by atoms with Crippen molar-refractivity contribution >= 4 is 29.9 Å². The van der Waals surface area contributed by atoms with Gasteiger partial charge in [0.15, 0.2) is 5.96 Å². The molecular formula is C19H22FIN4O2. The lowest BCUT2D eigenvalue weighted by Gasteiger charge is -2.10. The van der Waals surface area contributed by atoms with Crippen LogP contribution >= 0.6 is 24.0 Å². The third-order valence-corrected chi connectivity index (χ3v) is 3.63. The maximum Gasteiger partial charge on any atom is 0.226 e. The van der Waals surface area contributed by atoms with Crippen LogP contribution in [0.2, 0.25) is 0 Å². The van der Waals surface area contributed by atoms with Crippen LogP contribution in [0.5, 0.6) is 0 Å². The predicted molar refractivity (Wildman–Crippen MR) is 113 cm³/mol. The van der Waals surface area contributed by atoms with Crippen LogP contribution in [0.1, 0.15) is 18.4 Å². The Balaban J connectivity index is 0.00000261. The highest BCUT2D eigenvalue weighted by Gasteiger charge is 2.07. The van der Waals surface area contributed by atoms with Gasteiger partial charge in [0, 0.05) is 25.1 Å². The fraction of sp³-hybridized carbons (Fsp3) is 0.263. The van der Waals surface area contributed by atoms with Gasteiger partial charge in [0.05, 0.1) is 12.0 Å². The van der Waals surface area contributed by atoms with E-state index in [2.05, 4.69) is 20.6 Å². The summed E-state index contributed by atoms with van der Waals surface area (Å²) in [5.41, 5.74) is 1.57. The molecule has 2 heterocycles. The van der Waals surface area contributed by atoms with E-state index in [1.807, 2.05) is 19.1 Å². The summed E-state index contributed by atoms with van der Waals surface area (Å²) in [5, 5.41) is 6.44. The molecule has 0 radical (unpaired) electrons. The summed E-state index contributed by atoms with van der Waals surface area (Å²) in [6.07, 6.45) is 3.93. The van der Waals surface area contributed by atoms with Gasteiger partial charge in [0.25, 0.3) is 0 Å². The van der Waals surface area contributed by atoms with Crippen molar-refractivity contribution in [3.63, 3.8) is 0 Å². The lowest BCUT2D eigenvalue weighted by atomic mass is 10.2. The van der Waals surface area contributed by atoms with Gasteiger partial charge in [-0.05, 0) is 43.3 Å². The minimum Gasteiger partial charge on any atom is -0.467 e. The van der Waals surface area contributed by atoms with Gasteiger partial charge in [-0.15, -0.1) is 24.0 Å². The molecule has 0 aliphatic rings. The monoisotopic (exact) mass is 484 g/mol. The van der Waals surface area contributed by atoms with Crippen LogP contribution in [0.25, 0.3) is 11.5 Å². The molecule has 27 heavy (non-hydrogen) atoms. The van der Waals surface area contributed by atoms with Crippen LogP contribution in [0.15, 0.2) is 62.8 Å². The zero-order chi connectivity index (χ0) is 18.2. The zero-order valence-corrected chi connectivity index (χ0v) is 17.3. The van der Waals surface area contributed by atoms with Crippen LogP contribution in [0.3, 0.4) is 0 Å². The van der Waals surface area contributed by atoms with Gasteiger partial charge in [-0.3, -0.25) is 0 Å². The zero-order valence-electron chi connectivity index (χ0n) is 14.9. The van der Waals surface area contributed by atoms with Crippen molar-refractivity contribution < 1.29 is 13.2 Å². The Morgan fingerprint density at radius 2 is 1.96 bits per heavy atom. The number of nitrogens with one attached hydrogen (secondary N) is 2. The maximum absolute atomic E-state index is 13.0. The van der Waals surface area contributed by atoms with Crippen molar-refractivity contribution in [1.29, 1.82) is 0 Å². The number of oxazole rings is 1. The smallest absolute Gasteiger partial charge is 0.226 e. The fourth-order valence-corrected chi connectivity index (χ4v) is 2.36. The van der Waals surface area contributed by atoms with Crippen LogP contribution < -0.4 is 10.6 Å². The second-order valence-electron chi connectivity index (χ2n) is 5.60. The molecule has 6 nitrogen and oxygen atoms in total. The molecule has 0 aliphatic carbocycles. The molecule has 144 valence electrons. The molecular weight excluding hydrogens is 462 g/mol. The highest BCUT2D eigenvalue weighted by Crippen LogP contribution is 2.18. The minimum atomic E-state index is -0.283. The van der Waals surface area contributed by atoms with Crippen molar-refractivity contribution in [2.24, 2.45) is 4.99 Å². The minimum absolute atomic E-state index is 0. The molecule has 0 aliphatic heterocycles. The number of furan rings is 1. The van der Waals surface area contributed by atoms with E-state index >= 15 is 0 Å². The van der Waals surface area contributed by atoms with Crippen LogP contribution in [0, 0.1) is 5.82 Å². The summed E-state index contributed by atoms with van der Waals surface area (Å²) in [7, 11) is 0. The molecule has 0 bridgehead atoms. The molecule has 0 amide bonds. The number of rotatable bonds is 7. The predicted octanol–water partition coefficient (Wildman–Crippen LogP) is 3.99. The molecule has 2 aromatic heterocycles. The summed E-state index contributed by atoms with van der Waals surface area (Å²) in [6, 6.07) is 9.80. The van der Waals surface area contributed by atoms with Gasteiger partial charge in [-0.1, -0.05) is 0 Å². The Labute approximate surface area is 174 Å². The molecule has 3 rings (SSSR count). The molecule has 0 atom stereocenters. The third-order valence-electron chi connectivity index (χ3n) is 3.63. The van der Waals surface area contributed by atoms with Crippen LogP contribution in [-0.4, -0.2) is 24.0 Å². The Bertz CT molecular complexity index is 832. The molecule has 0 spiro atoms. The highest BCUT2D eigenvalue weighted by atomic mass is 127. The second kappa shape index (κ2) is 10.7. The van der Waals surface area contributed by atoms with Crippen molar-refractivity contribution in [3.05, 3.63) is 66.2 Å². The third kappa shape index (κ3) is 6.38. The van der Waals surface area contributed by atoms with Crippen LogP contribution in [-0.2, 0) is 13.0 Å². The quantitative estimate of drug-likeness (QED) is 0.302. The van der Waals surface area contributed by atoms with Gasteiger partial charge in [0.2, 0.25) is 5.89 Å². The van der Waals surface area contributed by atoms with Gasteiger partial charge >= 0.3 is 0 Å². The first-order valence-electron chi connectivity index (χ1n) is 8.49. The Morgan fingerprint density at radius 1 is 1.15 bits per heavy atom. The van der Waals surface area contributed by atoms with E-state index in [9.17, 15) is 4.39 Å². The van der Waals surface area contributed by atoms with Crippen molar-refractivity contribution in [1.82, 2.24) is 15.6 Å². The molecule has 0 fully saturated rings. The largest absolute Gasteiger partial charge is 0.467 e. The number of aromatic nitrogens is 1. The standard InChI is InChI=1S/C19H21FN4O2.HI/c1-2-21-19(23-12-17-4-3-11-25-17)22-10-9-16-13-26-18(24-16)14-5-7-15(20)8-6-14;/h3-8,11,13H,2,9-10,12H2,1H3,(H2,21,22,23);1H. The molecule has 0 saturated carbocycles. The number of aliphatic imine (C=N–C) groups is 1. The van der Waals surface area contributed by atoms with E-state index in [0.717, 1.165) is 23.6 Å². The van der Waals surface area contributed by atoms with E-state index < -0.39 is 0 Å². The second-order valence-corrected chi connectivity index (χ2v) is 5.60. The van der Waals surface area contributed by atoms with E-state index in [4.69, 9.17) is 8.83 Å². The van der Waals surface area contributed by atoms with Crippen molar-refractivity contribution in [2.45, 2.75) is 19.9 Å². The number of hydrogen-bond donors (Lipinski definition) is 2. The Kier molecular flexibility index (Phi) is 8.31. The van der Waals surface area contributed by atoms with Gasteiger partial charge < -0.3 is 19.5 Å². The van der Waals surface area contributed by atoms with Crippen LogP contribution in [0.4, 0.5) is 4.39 Å². The topological polar surface area (TPSA) is 75.6 Å². The first-order valence-corrected chi connectivity index (χ1v) is 8.49. The Hall–Kier alpha value is -2.36. The number of guanidine groups is 1. The van der Waals surface area contributed by atoms with E-state index in [1.165, 1.54) is 12.1 Å². The number of halogens is 2. The lowest BCUT2D eigenvalue weighted by molar-refractivity contribution is 0.512. The number of benzene rings is 1. The summed E-state index contributed by atoms with van der Waals surface area (Å²) < 4.78 is 23.7. The average molecular weight is 484 g/mol. The summed E-state index contributed by atoms with van der Waals surface area (Å²) in [6.45, 7) is 3.90. The van der Waals surface area contributed by atoms with Gasteiger partial charge in [0.1, 0.15) is 24.4 Å². The summed E-state index contributed by atoms with van der Waals surface area (Å²) >= 11 is 0. The SMILES string of the molecule is CCNC(=NCc1ccco1)NCCc1coc(-c2ccc(F)cc2)n1.I. The highest BCUT2D eigenvalue weighted by molar-refractivity contribution is 14.0. The van der Waals surface area contributed by atoms with Crippen molar-refractivity contribution in [2.75, 3.05) is 13.1 Å². The maximum atomic E-state index is 13.0. The average Bonchev–Trinajstić information content (AvgIpc) is 3.32. The summed E-state index contributed by atoms with van der Waals surface area (Å²) in [4.78, 5) is 8.90. The van der Waals surface area contributed by atoms with Crippen molar-refractivity contribution in [3.8, 4) is 11.5 Å². The summed E-state index contributed by atoms with van der Waals surface area (Å²) in [5.74, 6) is 1.72. The van der Waals surface area contributed by atoms with E-state index in [0.29, 0.717) is 31.4 Å². The molecule has 2 N–H and O–H groups in total. The fourth-order valence-electron chi connectivity index (χ4n) is 2.36. The molecule has 1 aromatic carbocycles. The molecule has 0 unspecified atom stereocenters. The number of nitrogens with zero attached hydrogens (tertiary/aromatic N) is 2. The normalized spacial score (nSPS) is 11.1. The number of hydrogen-bond acceptors (Lipinski definition) is 4. The lowest BCUT2D eigenvalue weighted by Crippen LogP contribution is -2.38. The first-order chi connectivity index (χ1) is 12.7. The van der Waals surface area contributed by atoms with Gasteiger partial charge in [-0.2, -0.15) is 0 Å². The molecule has 0 saturated heterocycles. The molecule has 3 aromatic rings. The first kappa shape index (κ1) is 20.9. The van der Waals surface area contributed by atoms with Gasteiger partial charge in [-0.25, -0.2) is 14.4 Å². The van der Waals surface area contributed by atoms with E-state index in [1.54, 1.807) is 24.7 Å². The Morgan fingerprint density at radius 3 is 2.67 bits per heavy atom.